The van der Waals surface area contributed by atoms with Crippen LogP contribution in [-0.2, 0) is 23.9 Å². The van der Waals surface area contributed by atoms with E-state index < -0.39 is 29.4 Å². The average Bonchev–Trinajstić information content (AvgIpc) is 2.97. The van der Waals surface area contributed by atoms with Crippen molar-refractivity contribution < 1.29 is 46.3 Å². The van der Waals surface area contributed by atoms with E-state index >= 15 is 0 Å². The van der Waals surface area contributed by atoms with Crippen molar-refractivity contribution in [2.75, 3.05) is 4.93 Å². The van der Waals surface area contributed by atoms with Gasteiger partial charge in [-0.15, -0.1) is 0 Å². The number of carboxylic acids is 1. The molecule has 1 saturated carbocycles. The number of aliphatic hydroxyl groups excluding tert-OH is 1. The van der Waals surface area contributed by atoms with Gasteiger partial charge in [-0.2, -0.15) is 26.3 Å². The second-order valence-corrected chi connectivity index (χ2v) is 45.0. The van der Waals surface area contributed by atoms with Crippen LogP contribution in [0.25, 0.3) is 5.57 Å². The number of hydrogen-bond acceptors (Lipinski definition) is 2. The Morgan fingerprint density at radius 2 is 1.43 bits per heavy atom. The Morgan fingerprint density at radius 1 is 0.864 bits per heavy atom. The zero-order chi connectivity index (χ0) is 32.8. The fraction of sp³-hybridized carbons (Fsp3) is 0.500. The van der Waals surface area contributed by atoms with Crippen LogP contribution < -0.4 is 0 Å². The quantitative estimate of drug-likeness (QED) is 0.182. The Kier molecular flexibility index (Phi) is 22.7. The Morgan fingerprint density at radius 3 is 1.89 bits per heavy atom. The Hall–Kier alpha value is 0.694. The number of carbonyl (C=O) groups is 1. The summed E-state index contributed by atoms with van der Waals surface area (Å²) < 4.78 is 78.2. The summed E-state index contributed by atoms with van der Waals surface area (Å²) in [5.74, 6) is -1.34. The van der Waals surface area contributed by atoms with E-state index in [1.165, 1.54) is 12.1 Å². The van der Waals surface area contributed by atoms with Gasteiger partial charge >= 0.3 is 83.2 Å². The second-order valence-electron chi connectivity index (χ2n) is 9.64. The summed E-state index contributed by atoms with van der Waals surface area (Å²) in [7, 11) is 0. The van der Waals surface area contributed by atoms with Crippen LogP contribution in [0.2, 0.25) is 0 Å². The number of carboxylic acid groups (broad SMARTS) is 1. The minimum atomic E-state index is -4.54. The van der Waals surface area contributed by atoms with Crippen LogP contribution in [0.4, 0.5) is 26.3 Å². The van der Waals surface area contributed by atoms with Gasteiger partial charge in [0, 0.05) is 0 Å². The van der Waals surface area contributed by atoms with E-state index in [1.54, 1.807) is 12.1 Å². The molecule has 2 aliphatic rings. The first-order valence-corrected chi connectivity index (χ1v) is 28.9. The van der Waals surface area contributed by atoms with Crippen molar-refractivity contribution in [2.24, 2.45) is 0 Å². The first-order chi connectivity index (χ1) is 20.1. The van der Waals surface area contributed by atoms with Crippen LogP contribution in [0.3, 0.4) is 0 Å². The number of aliphatic hydroxyl groups is 1. The predicted octanol–water partition coefficient (Wildman–Crippen LogP) is 12.9. The van der Waals surface area contributed by atoms with Crippen molar-refractivity contribution in [1.82, 2.24) is 0 Å². The summed E-state index contributed by atoms with van der Waals surface area (Å²) in [6, 6.07) is 7.44. The first-order valence-electron chi connectivity index (χ1n) is 13.2. The number of alkyl halides is 7. The standard InChI is InChI=1S/C14H13F3O2.C14H17F3O.CH3I.CH4.3HI.V/c15-14(16,17)12-8-10(13(18)19)6-7-11(12)9-4-2-1-3-5-9;15-14(16,17)13-8-10(9-18)6-7-12(13)11-4-2-1-3-5-11;1-2;;;;;/h4,6-8H,1-3,5H2,(H,18,19);6-8,11,18H,1-5,9H2;1H3;1H4;3*1H;/q;;;;;;;+3/p-3. The van der Waals surface area contributed by atoms with Crippen LogP contribution in [0.15, 0.2) is 42.5 Å². The molecule has 0 heterocycles. The second kappa shape index (κ2) is 22.4. The molecule has 0 aromatic heterocycles. The third-order valence-electron chi connectivity index (χ3n) is 6.86. The molecule has 2 N–H and O–H groups in total. The molecule has 4 rings (SSSR count). The third-order valence-corrected chi connectivity index (χ3v) is 6.86. The van der Waals surface area contributed by atoms with Crippen LogP contribution in [-0.4, -0.2) is 21.1 Å². The van der Waals surface area contributed by atoms with Gasteiger partial charge in [-0.3, -0.25) is 0 Å². The summed E-state index contributed by atoms with van der Waals surface area (Å²) in [6.07, 6.45) is 0.958. The predicted molar refractivity (Wildman–Crippen MR) is 197 cm³/mol. The molecular weight excluding hydrogens is 1080 g/mol. The number of allylic oxidation sites excluding steroid dienone is 2. The zero-order valence-electron chi connectivity index (χ0n) is 23.2. The third kappa shape index (κ3) is 15.7. The van der Waals surface area contributed by atoms with Gasteiger partial charge in [0.2, 0.25) is 0 Å². The Labute approximate surface area is 307 Å². The average molecular weight is 1120 g/mol. The summed E-state index contributed by atoms with van der Waals surface area (Å²) in [6.45, 7) is -0.353. The summed E-state index contributed by atoms with van der Waals surface area (Å²) in [5.41, 5.74) is -0.275. The molecule has 0 amide bonds. The number of hydrogen-bond donors (Lipinski definition) is 2. The van der Waals surface area contributed by atoms with E-state index in [4.69, 9.17) is 10.2 Å². The van der Waals surface area contributed by atoms with E-state index in [0.29, 0.717) is 29.2 Å². The van der Waals surface area contributed by atoms with Gasteiger partial charge < -0.3 is 10.2 Å². The monoisotopic (exact) mass is 1120 g/mol. The molecule has 0 saturated heterocycles. The number of halogens is 10. The molecule has 1 fully saturated rings. The molecule has 0 radical (unpaired) electrons. The summed E-state index contributed by atoms with van der Waals surface area (Å²) >= 11 is 9.54. The van der Waals surface area contributed by atoms with Crippen molar-refractivity contribution in [1.29, 1.82) is 0 Å². The fourth-order valence-corrected chi connectivity index (χ4v) is 4.99. The Balaban J connectivity index is 0.000000701. The molecule has 0 bridgehead atoms. The molecule has 2 aromatic rings. The van der Waals surface area contributed by atoms with E-state index in [-0.39, 0.29) is 36.0 Å². The normalized spacial score (nSPS) is 15.2. The molecular formula is C30H37F6I4O3V. The molecule has 0 atom stereocenters. The van der Waals surface area contributed by atoms with Gasteiger partial charge in [0.05, 0.1) is 23.3 Å². The molecule has 250 valence electrons. The van der Waals surface area contributed by atoms with Crippen LogP contribution >= 0.6 is 82.5 Å². The van der Waals surface area contributed by atoms with Gasteiger partial charge in [-0.05, 0) is 89.8 Å². The van der Waals surface area contributed by atoms with Crippen LogP contribution in [0, 0.1) is 0 Å². The van der Waals surface area contributed by atoms with E-state index in [9.17, 15) is 31.1 Å². The molecule has 0 unspecified atom stereocenters. The maximum absolute atomic E-state index is 13.0. The molecule has 2 aromatic carbocycles. The van der Waals surface area contributed by atoms with Crippen molar-refractivity contribution in [3.05, 3.63) is 75.9 Å². The van der Waals surface area contributed by atoms with Gasteiger partial charge in [0.15, 0.2) is 0 Å². The maximum atomic E-state index is 13.0. The van der Waals surface area contributed by atoms with Gasteiger partial charge in [0.1, 0.15) is 0 Å². The van der Waals surface area contributed by atoms with E-state index in [1.807, 2.05) is 11.0 Å². The molecule has 14 heteroatoms. The van der Waals surface area contributed by atoms with Crippen LogP contribution in [0.5, 0.6) is 0 Å². The summed E-state index contributed by atoms with van der Waals surface area (Å²) in [4.78, 5) is 12.5. The van der Waals surface area contributed by atoms with Crippen LogP contribution in [0.1, 0.15) is 109 Å². The van der Waals surface area contributed by atoms with Gasteiger partial charge in [-0.1, -0.05) is 73.6 Å². The molecule has 0 spiro atoms. The Bertz CT molecular complexity index is 1180. The van der Waals surface area contributed by atoms with Crippen molar-refractivity contribution in [2.45, 2.75) is 90.1 Å². The van der Waals surface area contributed by atoms with Crippen molar-refractivity contribution in [3.63, 3.8) is 0 Å². The number of aromatic carboxylic acids is 1. The van der Waals surface area contributed by atoms with Gasteiger partial charge in [0.25, 0.3) is 0 Å². The number of benzene rings is 2. The minimum absolute atomic E-state index is 0. The van der Waals surface area contributed by atoms with E-state index in [2.05, 4.69) is 82.5 Å². The first kappa shape index (κ1) is 44.7. The SMILES string of the molecule is C.CI.O=C(O)c1ccc(C2=CCCCC2)c(C(F)(F)F)c1.OCc1ccc(C2CCCCC2)c(C(F)(F)F)c1.[I][V]([I])[I]. The molecule has 0 aliphatic heterocycles. The topological polar surface area (TPSA) is 57.5 Å². The van der Waals surface area contributed by atoms with Gasteiger partial charge in [-0.25, -0.2) is 4.79 Å². The molecule has 3 nitrogen and oxygen atoms in total. The fourth-order valence-electron chi connectivity index (χ4n) is 4.99. The van der Waals surface area contributed by atoms with Crippen molar-refractivity contribution in [3.8, 4) is 0 Å². The molecule has 2 aliphatic carbocycles. The summed E-state index contributed by atoms with van der Waals surface area (Å²) in [5, 5.41) is 17.8. The van der Waals surface area contributed by atoms with Crippen molar-refractivity contribution >= 4 is 94.1 Å². The number of rotatable bonds is 4. The van der Waals surface area contributed by atoms with E-state index in [0.717, 1.165) is 57.4 Å². The molecule has 44 heavy (non-hydrogen) atoms. The zero-order valence-corrected chi connectivity index (χ0v) is 33.2.